The van der Waals surface area contributed by atoms with Crippen LogP contribution in [-0.2, 0) is 13.1 Å². The number of aliphatic imine (C=N–C) groups is 1. The second-order valence-corrected chi connectivity index (χ2v) is 6.77. The molecule has 2 N–H and O–H groups in total. The molecular weight excluding hydrogens is 531 g/mol. The second-order valence-electron chi connectivity index (χ2n) is 6.77. The number of pyridine rings is 1. The molecule has 0 aliphatic rings. The van der Waals surface area contributed by atoms with Gasteiger partial charge >= 0.3 is 0 Å². The van der Waals surface area contributed by atoms with Crippen LogP contribution in [0.15, 0.2) is 84.5 Å². The standard InChI is InChI=1S/C25H28N4O3.HI/c1-4-15-31-23-8-6-5-7-20(23)18-29-25(26-2)28-17-19-9-14-24(27-16-19)32-22-12-10-21(30-3)11-13-22;/h4-14,16H,1,15,17-18H2,2-3H3,(H2,26,28,29);1H. The molecular formula is C25H29IN4O3. The van der Waals surface area contributed by atoms with Gasteiger partial charge in [-0.15, -0.1) is 24.0 Å². The Morgan fingerprint density at radius 1 is 1.00 bits per heavy atom. The maximum Gasteiger partial charge on any atom is 0.219 e. The number of hydrogen-bond acceptors (Lipinski definition) is 5. The molecule has 0 aliphatic heterocycles. The molecule has 2 aromatic carbocycles. The summed E-state index contributed by atoms with van der Waals surface area (Å²) < 4.78 is 16.6. The SMILES string of the molecule is C=CCOc1ccccc1CNC(=NC)NCc1ccc(Oc2ccc(OC)cc2)nc1.I. The van der Waals surface area contributed by atoms with Gasteiger partial charge in [0, 0.05) is 38.0 Å². The molecule has 3 rings (SSSR count). The Bertz CT molecular complexity index is 1020. The summed E-state index contributed by atoms with van der Waals surface area (Å²) in [6, 6.07) is 19.1. The van der Waals surface area contributed by atoms with Gasteiger partial charge in [0.2, 0.25) is 5.88 Å². The Morgan fingerprint density at radius 3 is 2.39 bits per heavy atom. The maximum atomic E-state index is 5.77. The highest BCUT2D eigenvalue weighted by Gasteiger charge is 2.05. The van der Waals surface area contributed by atoms with E-state index < -0.39 is 0 Å². The highest BCUT2D eigenvalue weighted by atomic mass is 127. The van der Waals surface area contributed by atoms with Crippen molar-refractivity contribution in [2.45, 2.75) is 13.1 Å². The van der Waals surface area contributed by atoms with E-state index in [4.69, 9.17) is 14.2 Å². The number of nitrogens with one attached hydrogen (secondary N) is 2. The molecule has 0 amide bonds. The molecule has 0 atom stereocenters. The predicted octanol–water partition coefficient (Wildman–Crippen LogP) is 4.93. The lowest BCUT2D eigenvalue weighted by Crippen LogP contribution is -2.36. The van der Waals surface area contributed by atoms with Crippen LogP contribution in [0.4, 0.5) is 0 Å². The third-order valence-corrected chi connectivity index (χ3v) is 4.54. The quantitative estimate of drug-likeness (QED) is 0.159. The van der Waals surface area contributed by atoms with Gasteiger partial charge in [-0.05, 0) is 35.9 Å². The Hall–Kier alpha value is -3.27. The third kappa shape index (κ3) is 8.30. The van der Waals surface area contributed by atoms with Gasteiger partial charge in [-0.25, -0.2) is 4.98 Å². The van der Waals surface area contributed by atoms with Crippen molar-refractivity contribution in [2.24, 2.45) is 4.99 Å². The van der Waals surface area contributed by atoms with Crippen molar-refractivity contribution >= 4 is 29.9 Å². The van der Waals surface area contributed by atoms with Crippen LogP contribution in [0.25, 0.3) is 0 Å². The minimum atomic E-state index is 0. The van der Waals surface area contributed by atoms with Crippen LogP contribution in [0.5, 0.6) is 23.1 Å². The van der Waals surface area contributed by atoms with Crippen molar-refractivity contribution < 1.29 is 14.2 Å². The first kappa shape index (κ1) is 26.0. The molecule has 1 heterocycles. The summed E-state index contributed by atoms with van der Waals surface area (Å²) in [5.41, 5.74) is 2.05. The number of halogens is 1. The van der Waals surface area contributed by atoms with Crippen molar-refractivity contribution in [3.63, 3.8) is 0 Å². The van der Waals surface area contributed by atoms with E-state index >= 15 is 0 Å². The van der Waals surface area contributed by atoms with Crippen LogP contribution in [0.3, 0.4) is 0 Å². The molecule has 1 aromatic heterocycles. The van der Waals surface area contributed by atoms with Crippen LogP contribution in [0.2, 0.25) is 0 Å². The summed E-state index contributed by atoms with van der Waals surface area (Å²) in [6.07, 6.45) is 3.50. The van der Waals surface area contributed by atoms with Crippen molar-refractivity contribution in [3.8, 4) is 23.1 Å². The zero-order valence-electron chi connectivity index (χ0n) is 18.8. The van der Waals surface area contributed by atoms with E-state index in [1.54, 1.807) is 26.4 Å². The van der Waals surface area contributed by atoms with Gasteiger partial charge in [0.1, 0.15) is 23.9 Å². The zero-order chi connectivity index (χ0) is 22.6. The topological polar surface area (TPSA) is 77.0 Å². The number of guanidine groups is 1. The van der Waals surface area contributed by atoms with Gasteiger partial charge in [-0.1, -0.05) is 36.9 Å². The molecule has 0 spiro atoms. The number of rotatable bonds is 10. The summed E-state index contributed by atoms with van der Waals surface area (Å²) in [4.78, 5) is 8.66. The molecule has 0 saturated heterocycles. The normalized spacial score (nSPS) is 10.5. The molecule has 0 aliphatic carbocycles. The molecule has 174 valence electrons. The van der Waals surface area contributed by atoms with Gasteiger partial charge in [0.25, 0.3) is 0 Å². The molecule has 7 nitrogen and oxygen atoms in total. The largest absolute Gasteiger partial charge is 0.497 e. The summed E-state index contributed by atoms with van der Waals surface area (Å²) >= 11 is 0. The highest BCUT2D eigenvalue weighted by molar-refractivity contribution is 14.0. The number of methoxy groups -OCH3 is 1. The highest BCUT2D eigenvalue weighted by Crippen LogP contribution is 2.22. The van der Waals surface area contributed by atoms with Crippen LogP contribution in [-0.4, -0.2) is 31.7 Å². The van der Waals surface area contributed by atoms with Crippen LogP contribution >= 0.6 is 24.0 Å². The molecule has 0 saturated carbocycles. The molecule has 0 radical (unpaired) electrons. The maximum absolute atomic E-state index is 5.77. The molecule has 0 fully saturated rings. The number of ether oxygens (including phenoxy) is 3. The molecule has 33 heavy (non-hydrogen) atoms. The summed E-state index contributed by atoms with van der Waals surface area (Å²) in [5, 5.41) is 6.59. The average molecular weight is 560 g/mol. The summed E-state index contributed by atoms with van der Waals surface area (Å²) in [7, 11) is 3.37. The van der Waals surface area contributed by atoms with Crippen molar-refractivity contribution in [2.75, 3.05) is 20.8 Å². The number of benzene rings is 2. The number of hydrogen-bond donors (Lipinski definition) is 2. The van der Waals surface area contributed by atoms with E-state index in [-0.39, 0.29) is 24.0 Å². The summed E-state index contributed by atoms with van der Waals surface area (Å²) in [6.45, 7) is 5.32. The first-order valence-electron chi connectivity index (χ1n) is 10.2. The first-order valence-corrected chi connectivity index (χ1v) is 10.2. The summed E-state index contributed by atoms with van der Waals surface area (Å²) in [5.74, 6) is 3.51. The fraction of sp³-hybridized carbons (Fsp3) is 0.200. The Labute approximate surface area is 211 Å². The lowest BCUT2D eigenvalue weighted by atomic mass is 10.2. The zero-order valence-corrected chi connectivity index (χ0v) is 21.1. The smallest absolute Gasteiger partial charge is 0.219 e. The van der Waals surface area contributed by atoms with E-state index in [0.717, 1.165) is 22.6 Å². The monoisotopic (exact) mass is 560 g/mol. The third-order valence-electron chi connectivity index (χ3n) is 4.54. The number of aromatic nitrogens is 1. The van der Waals surface area contributed by atoms with E-state index in [2.05, 4.69) is 27.2 Å². The minimum absolute atomic E-state index is 0. The van der Waals surface area contributed by atoms with Crippen LogP contribution < -0.4 is 24.8 Å². The first-order chi connectivity index (χ1) is 15.7. The van der Waals surface area contributed by atoms with Gasteiger partial charge in [-0.2, -0.15) is 0 Å². The van der Waals surface area contributed by atoms with Crippen molar-refractivity contribution in [1.29, 1.82) is 0 Å². The lowest BCUT2D eigenvalue weighted by molar-refractivity contribution is 0.358. The fourth-order valence-electron chi connectivity index (χ4n) is 2.87. The second kappa shape index (κ2) is 14.0. The minimum Gasteiger partial charge on any atom is -0.497 e. The lowest BCUT2D eigenvalue weighted by Gasteiger charge is -2.14. The van der Waals surface area contributed by atoms with E-state index in [9.17, 15) is 0 Å². The van der Waals surface area contributed by atoms with Gasteiger partial charge in [-0.3, -0.25) is 4.99 Å². The fourth-order valence-corrected chi connectivity index (χ4v) is 2.87. The molecule has 0 unspecified atom stereocenters. The van der Waals surface area contributed by atoms with Gasteiger partial charge < -0.3 is 24.8 Å². The van der Waals surface area contributed by atoms with E-state index in [1.165, 1.54) is 0 Å². The molecule has 3 aromatic rings. The van der Waals surface area contributed by atoms with Crippen molar-refractivity contribution in [3.05, 3.63) is 90.6 Å². The number of para-hydroxylation sites is 1. The predicted molar refractivity (Wildman–Crippen MR) is 142 cm³/mol. The number of nitrogens with zero attached hydrogens (tertiary/aromatic N) is 2. The van der Waals surface area contributed by atoms with Crippen molar-refractivity contribution in [1.82, 2.24) is 15.6 Å². The Balaban J connectivity index is 0.00000385. The Morgan fingerprint density at radius 2 is 1.73 bits per heavy atom. The van der Waals surface area contributed by atoms with Crippen LogP contribution in [0, 0.1) is 0 Å². The van der Waals surface area contributed by atoms with Gasteiger partial charge in [0.05, 0.1) is 7.11 Å². The molecule has 0 bridgehead atoms. The molecule has 8 heteroatoms. The van der Waals surface area contributed by atoms with Crippen LogP contribution in [0.1, 0.15) is 11.1 Å². The van der Waals surface area contributed by atoms with E-state index in [1.807, 2.05) is 60.7 Å². The van der Waals surface area contributed by atoms with Gasteiger partial charge in [0.15, 0.2) is 5.96 Å². The average Bonchev–Trinajstić information content (AvgIpc) is 2.85. The van der Waals surface area contributed by atoms with E-state index in [0.29, 0.717) is 37.3 Å². The Kier molecular flexibility index (Phi) is 11.0.